The maximum absolute atomic E-state index is 13.8. The second-order valence-electron chi connectivity index (χ2n) is 9.88. The SMILES string of the molecule is Cc1cc(CNC(=O)N2CCC(=O)N3[C@@H]2CN(Cc2cccc(F)c2)C(=O)[C@@H]3CCCN)cc(C(F)(F)F)c1. The first-order valence-electron chi connectivity index (χ1n) is 12.7. The van der Waals surface area contributed by atoms with Crippen LogP contribution < -0.4 is 11.1 Å². The van der Waals surface area contributed by atoms with E-state index in [1.165, 1.54) is 32.9 Å². The molecule has 2 saturated heterocycles. The molecule has 2 aromatic rings. The summed E-state index contributed by atoms with van der Waals surface area (Å²) in [4.78, 5) is 44.1. The van der Waals surface area contributed by atoms with Crippen molar-refractivity contribution in [3.63, 3.8) is 0 Å². The lowest BCUT2D eigenvalue weighted by Crippen LogP contribution is -2.71. The van der Waals surface area contributed by atoms with Gasteiger partial charge in [0, 0.05) is 26.1 Å². The molecule has 12 heteroatoms. The molecule has 4 rings (SSSR count). The number of hydrogen-bond acceptors (Lipinski definition) is 4. The van der Waals surface area contributed by atoms with Gasteiger partial charge >= 0.3 is 12.2 Å². The number of benzene rings is 2. The Kier molecular flexibility index (Phi) is 8.43. The molecule has 3 N–H and O–H groups in total. The Hall–Kier alpha value is -3.67. The average Bonchev–Trinajstić information content (AvgIpc) is 2.87. The minimum absolute atomic E-state index is 0.00287. The number of alkyl halides is 3. The van der Waals surface area contributed by atoms with Crippen LogP contribution in [0, 0.1) is 12.7 Å². The van der Waals surface area contributed by atoms with Gasteiger partial charge in [0.2, 0.25) is 11.8 Å². The van der Waals surface area contributed by atoms with E-state index in [4.69, 9.17) is 5.73 Å². The molecule has 2 fully saturated rings. The quantitative estimate of drug-likeness (QED) is 0.518. The number of nitrogens with zero attached hydrogens (tertiary/aromatic N) is 3. The minimum Gasteiger partial charge on any atom is -0.334 e. The second kappa shape index (κ2) is 11.6. The van der Waals surface area contributed by atoms with Gasteiger partial charge in [-0.15, -0.1) is 0 Å². The lowest BCUT2D eigenvalue weighted by atomic mass is 9.99. The van der Waals surface area contributed by atoms with Crippen LogP contribution in [0.5, 0.6) is 0 Å². The van der Waals surface area contributed by atoms with Crippen LogP contribution in [0.2, 0.25) is 0 Å². The molecule has 8 nitrogen and oxygen atoms in total. The monoisotopic (exact) mass is 549 g/mol. The number of halogens is 4. The zero-order valence-electron chi connectivity index (χ0n) is 21.5. The van der Waals surface area contributed by atoms with Crippen molar-refractivity contribution in [1.29, 1.82) is 0 Å². The summed E-state index contributed by atoms with van der Waals surface area (Å²) >= 11 is 0. The molecule has 2 atom stereocenters. The maximum atomic E-state index is 13.8. The Balaban J connectivity index is 1.56. The van der Waals surface area contributed by atoms with Gasteiger partial charge in [-0.2, -0.15) is 13.2 Å². The maximum Gasteiger partial charge on any atom is 0.416 e. The van der Waals surface area contributed by atoms with Crippen molar-refractivity contribution in [2.45, 2.75) is 57.7 Å². The number of nitrogens with one attached hydrogen (secondary N) is 1. The summed E-state index contributed by atoms with van der Waals surface area (Å²) in [6.45, 7) is 1.88. The molecule has 2 aliphatic heterocycles. The van der Waals surface area contributed by atoms with Crippen LogP contribution in [0.3, 0.4) is 0 Å². The highest BCUT2D eigenvalue weighted by atomic mass is 19.4. The number of piperazine rings is 1. The molecule has 210 valence electrons. The Morgan fingerprint density at radius 1 is 1.13 bits per heavy atom. The van der Waals surface area contributed by atoms with Gasteiger partial charge in [0.15, 0.2) is 0 Å². The van der Waals surface area contributed by atoms with Crippen molar-refractivity contribution < 1.29 is 31.9 Å². The van der Waals surface area contributed by atoms with Crippen LogP contribution in [-0.2, 0) is 28.9 Å². The molecule has 0 saturated carbocycles. The fourth-order valence-electron chi connectivity index (χ4n) is 5.21. The minimum atomic E-state index is -4.52. The van der Waals surface area contributed by atoms with E-state index >= 15 is 0 Å². The first kappa shape index (κ1) is 28.3. The van der Waals surface area contributed by atoms with Gasteiger partial charge in [0.05, 0.1) is 12.1 Å². The molecule has 0 spiro atoms. The van der Waals surface area contributed by atoms with Gasteiger partial charge in [-0.05, 0) is 61.7 Å². The number of carbonyl (C=O) groups is 3. The van der Waals surface area contributed by atoms with Crippen LogP contribution in [0.1, 0.15) is 41.5 Å². The number of urea groups is 1. The van der Waals surface area contributed by atoms with Gasteiger partial charge in [-0.1, -0.05) is 23.8 Å². The largest absolute Gasteiger partial charge is 0.416 e. The van der Waals surface area contributed by atoms with Crippen molar-refractivity contribution >= 4 is 17.8 Å². The molecule has 39 heavy (non-hydrogen) atoms. The standard InChI is InChI=1S/C27H31F4N5O3/c1-17-10-19(12-20(11-17)27(29,30)31)14-33-26(39)35-9-7-24(37)36-22(6-3-8-32)25(38)34(16-23(35)36)15-18-4-2-5-21(28)13-18/h2,4-5,10-13,22-23H,3,6-9,14-16,32H2,1H3,(H,33,39)/t22-,23+/m0/s1. The first-order valence-corrected chi connectivity index (χ1v) is 12.7. The lowest BCUT2D eigenvalue weighted by molar-refractivity contribution is -0.167. The number of fused-ring (bicyclic) bond motifs is 1. The number of aryl methyl sites for hydroxylation is 1. The smallest absolute Gasteiger partial charge is 0.334 e. The number of amides is 4. The van der Waals surface area contributed by atoms with Crippen LogP contribution in [0.15, 0.2) is 42.5 Å². The summed E-state index contributed by atoms with van der Waals surface area (Å²) in [5.74, 6) is -1.02. The summed E-state index contributed by atoms with van der Waals surface area (Å²) in [5, 5.41) is 2.67. The Morgan fingerprint density at radius 3 is 2.59 bits per heavy atom. The lowest BCUT2D eigenvalue weighted by Gasteiger charge is -2.52. The number of nitrogens with two attached hydrogens (primary N) is 1. The number of hydrogen-bond donors (Lipinski definition) is 2. The van der Waals surface area contributed by atoms with E-state index < -0.39 is 35.8 Å². The zero-order chi connectivity index (χ0) is 28.3. The van der Waals surface area contributed by atoms with Crippen LogP contribution in [-0.4, -0.2) is 64.4 Å². The predicted molar refractivity (Wildman–Crippen MR) is 134 cm³/mol. The molecule has 2 heterocycles. The van der Waals surface area contributed by atoms with Crippen LogP contribution >= 0.6 is 0 Å². The summed E-state index contributed by atoms with van der Waals surface area (Å²) in [6, 6.07) is 8.02. The van der Waals surface area contributed by atoms with Gasteiger partial charge in [-0.3, -0.25) is 9.59 Å². The van der Waals surface area contributed by atoms with Crippen molar-refractivity contribution in [2.75, 3.05) is 19.6 Å². The van der Waals surface area contributed by atoms with E-state index in [1.807, 2.05) is 0 Å². The Bertz CT molecular complexity index is 1240. The van der Waals surface area contributed by atoms with Gasteiger partial charge in [-0.25, -0.2) is 9.18 Å². The van der Waals surface area contributed by atoms with E-state index in [0.29, 0.717) is 30.5 Å². The third-order valence-electron chi connectivity index (χ3n) is 6.96. The summed E-state index contributed by atoms with van der Waals surface area (Å²) in [7, 11) is 0. The molecule has 0 aliphatic carbocycles. The normalized spacial score (nSPS) is 19.8. The van der Waals surface area contributed by atoms with Crippen molar-refractivity contribution in [3.05, 3.63) is 70.5 Å². The highest BCUT2D eigenvalue weighted by molar-refractivity contribution is 5.91. The molecule has 2 aliphatic rings. The van der Waals surface area contributed by atoms with Crippen molar-refractivity contribution in [2.24, 2.45) is 5.73 Å². The van der Waals surface area contributed by atoms with E-state index in [2.05, 4.69) is 5.32 Å². The number of rotatable bonds is 7. The molecule has 4 amide bonds. The Morgan fingerprint density at radius 2 is 1.90 bits per heavy atom. The van der Waals surface area contributed by atoms with Crippen molar-refractivity contribution in [3.8, 4) is 0 Å². The van der Waals surface area contributed by atoms with Gasteiger partial charge < -0.3 is 25.8 Å². The third-order valence-corrected chi connectivity index (χ3v) is 6.96. The molecule has 0 aromatic heterocycles. The molecule has 0 radical (unpaired) electrons. The second-order valence-corrected chi connectivity index (χ2v) is 9.88. The predicted octanol–water partition coefficient (Wildman–Crippen LogP) is 3.37. The van der Waals surface area contributed by atoms with E-state index in [0.717, 1.165) is 12.1 Å². The third kappa shape index (κ3) is 6.49. The summed E-state index contributed by atoms with van der Waals surface area (Å²) < 4.78 is 53.5. The fraction of sp³-hybridized carbons (Fsp3) is 0.444. The molecule has 2 aromatic carbocycles. The topological polar surface area (TPSA) is 99.0 Å². The first-order chi connectivity index (χ1) is 18.5. The van der Waals surface area contributed by atoms with Gasteiger partial charge in [0.1, 0.15) is 18.0 Å². The number of carbonyl (C=O) groups excluding carboxylic acids is 3. The molecule has 0 bridgehead atoms. The summed E-state index contributed by atoms with van der Waals surface area (Å²) in [5.41, 5.74) is 6.12. The van der Waals surface area contributed by atoms with Crippen LogP contribution in [0.4, 0.5) is 22.4 Å². The highest BCUT2D eigenvalue weighted by Gasteiger charge is 2.48. The molecular weight excluding hydrogens is 518 g/mol. The average molecular weight is 550 g/mol. The van der Waals surface area contributed by atoms with E-state index in [-0.39, 0.29) is 50.0 Å². The zero-order valence-corrected chi connectivity index (χ0v) is 21.5. The Labute approximate surface area is 223 Å². The molecular formula is C27H31F4N5O3. The van der Waals surface area contributed by atoms with E-state index in [1.54, 1.807) is 19.1 Å². The highest BCUT2D eigenvalue weighted by Crippen LogP contribution is 2.31. The van der Waals surface area contributed by atoms with Crippen LogP contribution in [0.25, 0.3) is 0 Å². The summed E-state index contributed by atoms with van der Waals surface area (Å²) in [6.07, 6.45) is -4.53. The van der Waals surface area contributed by atoms with E-state index in [9.17, 15) is 31.9 Å². The van der Waals surface area contributed by atoms with Gasteiger partial charge in [0.25, 0.3) is 0 Å². The fourth-order valence-corrected chi connectivity index (χ4v) is 5.21. The van der Waals surface area contributed by atoms with Crippen molar-refractivity contribution in [1.82, 2.24) is 20.0 Å². The molecule has 0 unspecified atom stereocenters.